The van der Waals surface area contributed by atoms with Crippen LogP contribution >= 0.6 is 0 Å². The van der Waals surface area contributed by atoms with Crippen molar-refractivity contribution in [1.82, 2.24) is 10.2 Å². The number of amidine groups is 1. The Morgan fingerprint density at radius 2 is 2.00 bits per heavy atom. The van der Waals surface area contributed by atoms with Crippen LogP contribution in [-0.2, 0) is 4.74 Å². The maximum absolute atomic E-state index is 7.75. The molecule has 0 saturated carbocycles. The highest BCUT2D eigenvalue weighted by Crippen LogP contribution is 2.21. The minimum atomic E-state index is 0.0281. The van der Waals surface area contributed by atoms with Crippen LogP contribution in [0.5, 0.6) is 0 Å². The fraction of sp³-hybridized carbons (Fsp3) is 0.615. The summed E-state index contributed by atoms with van der Waals surface area (Å²) < 4.78 is 5.37. The van der Waals surface area contributed by atoms with Gasteiger partial charge in [0.05, 0.1) is 17.9 Å². The standard InChI is InChI=1S/C13H23N5O/c1-5-18(7-8-19-6-2)13-11(12(14)15)9(3)10(4)16-17-13/h5-8H2,1-4H3,(H3,14,15). The summed E-state index contributed by atoms with van der Waals surface area (Å²) in [6, 6.07) is 0. The number of likely N-dealkylation sites (N-methyl/N-ethyl adjacent to an activating group) is 1. The maximum Gasteiger partial charge on any atom is 0.162 e. The molecule has 0 bridgehead atoms. The molecule has 0 atom stereocenters. The van der Waals surface area contributed by atoms with Gasteiger partial charge in [0.1, 0.15) is 5.84 Å². The van der Waals surface area contributed by atoms with E-state index in [2.05, 4.69) is 10.2 Å². The van der Waals surface area contributed by atoms with Crippen molar-refractivity contribution in [3.8, 4) is 0 Å². The van der Waals surface area contributed by atoms with Crippen molar-refractivity contribution in [2.24, 2.45) is 5.73 Å². The summed E-state index contributed by atoms with van der Waals surface area (Å²) >= 11 is 0. The van der Waals surface area contributed by atoms with Crippen LogP contribution in [0.15, 0.2) is 0 Å². The van der Waals surface area contributed by atoms with E-state index in [1.807, 2.05) is 32.6 Å². The predicted molar refractivity (Wildman–Crippen MR) is 76.9 cm³/mol. The number of nitrogen functional groups attached to an aromatic ring is 1. The Morgan fingerprint density at radius 1 is 1.32 bits per heavy atom. The molecule has 0 amide bonds. The first-order valence-corrected chi connectivity index (χ1v) is 6.53. The van der Waals surface area contributed by atoms with Crippen LogP contribution in [0.3, 0.4) is 0 Å². The number of nitrogens with two attached hydrogens (primary N) is 1. The molecule has 0 aliphatic carbocycles. The molecule has 3 N–H and O–H groups in total. The molecule has 0 saturated heterocycles. The highest BCUT2D eigenvalue weighted by Gasteiger charge is 2.18. The molecule has 0 aromatic carbocycles. The van der Waals surface area contributed by atoms with Crippen LogP contribution in [0.25, 0.3) is 0 Å². The topological polar surface area (TPSA) is 88.1 Å². The number of aromatic nitrogens is 2. The molecule has 6 nitrogen and oxygen atoms in total. The third kappa shape index (κ3) is 3.64. The van der Waals surface area contributed by atoms with E-state index in [4.69, 9.17) is 15.9 Å². The summed E-state index contributed by atoms with van der Waals surface area (Å²) in [6.45, 7) is 10.6. The molecule has 106 valence electrons. The fourth-order valence-electron chi connectivity index (χ4n) is 1.87. The first kappa shape index (κ1) is 15.4. The third-order valence-electron chi connectivity index (χ3n) is 3.10. The predicted octanol–water partition coefficient (Wildman–Crippen LogP) is 1.24. The Bertz CT molecular complexity index is 447. The first-order valence-electron chi connectivity index (χ1n) is 6.53. The molecule has 6 heteroatoms. The van der Waals surface area contributed by atoms with Crippen molar-refractivity contribution >= 4 is 11.7 Å². The van der Waals surface area contributed by atoms with Crippen LogP contribution in [0.1, 0.15) is 30.7 Å². The lowest BCUT2D eigenvalue weighted by Crippen LogP contribution is -2.31. The van der Waals surface area contributed by atoms with Crippen LogP contribution in [-0.4, -0.2) is 42.3 Å². The number of nitrogens with one attached hydrogen (secondary N) is 1. The Balaban J connectivity index is 3.09. The van der Waals surface area contributed by atoms with Crippen molar-refractivity contribution < 1.29 is 4.74 Å². The second kappa shape index (κ2) is 7.04. The molecule has 1 heterocycles. The molecule has 0 aliphatic rings. The number of anilines is 1. The van der Waals surface area contributed by atoms with Gasteiger partial charge >= 0.3 is 0 Å². The Kier molecular flexibility index (Phi) is 5.69. The number of hydrogen-bond acceptors (Lipinski definition) is 5. The van der Waals surface area contributed by atoms with Gasteiger partial charge in [-0.3, -0.25) is 5.41 Å². The number of aryl methyl sites for hydroxylation is 1. The van der Waals surface area contributed by atoms with Crippen molar-refractivity contribution in [3.05, 3.63) is 16.8 Å². The smallest absolute Gasteiger partial charge is 0.162 e. The van der Waals surface area contributed by atoms with Crippen molar-refractivity contribution in [2.45, 2.75) is 27.7 Å². The van der Waals surface area contributed by atoms with E-state index in [9.17, 15) is 0 Å². The molecule has 0 fully saturated rings. The molecule has 1 rings (SSSR count). The molecule has 1 aromatic rings. The Morgan fingerprint density at radius 3 is 2.53 bits per heavy atom. The maximum atomic E-state index is 7.75. The van der Waals surface area contributed by atoms with Crippen LogP contribution < -0.4 is 10.6 Å². The van der Waals surface area contributed by atoms with Gasteiger partial charge in [0.15, 0.2) is 5.82 Å². The lowest BCUT2D eigenvalue weighted by molar-refractivity contribution is 0.154. The molecule has 0 spiro atoms. The normalized spacial score (nSPS) is 10.5. The van der Waals surface area contributed by atoms with Gasteiger partial charge in [-0.2, -0.15) is 5.10 Å². The summed E-state index contributed by atoms with van der Waals surface area (Å²) in [7, 11) is 0. The van der Waals surface area contributed by atoms with E-state index in [1.54, 1.807) is 0 Å². The zero-order chi connectivity index (χ0) is 14.4. The second-order valence-corrected chi connectivity index (χ2v) is 4.30. The van der Waals surface area contributed by atoms with Gasteiger partial charge in [-0.1, -0.05) is 0 Å². The monoisotopic (exact) mass is 265 g/mol. The van der Waals surface area contributed by atoms with Gasteiger partial charge in [0.25, 0.3) is 0 Å². The SMILES string of the molecule is CCOCCN(CC)c1nnc(C)c(C)c1C(=N)N. The minimum Gasteiger partial charge on any atom is -0.384 e. The van der Waals surface area contributed by atoms with Gasteiger partial charge < -0.3 is 15.4 Å². The molecule has 0 unspecified atom stereocenters. The summed E-state index contributed by atoms with van der Waals surface area (Å²) in [4.78, 5) is 2.03. The van der Waals surface area contributed by atoms with Crippen molar-refractivity contribution in [2.75, 3.05) is 31.2 Å². The molecule has 19 heavy (non-hydrogen) atoms. The highest BCUT2D eigenvalue weighted by atomic mass is 16.5. The van der Waals surface area contributed by atoms with Crippen LogP contribution in [0.4, 0.5) is 5.82 Å². The molecular formula is C13H23N5O. The Labute approximate surface area is 114 Å². The molecule has 0 radical (unpaired) electrons. The van der Waals surface area contributed by atoms with E-state index in [-0.39, 0.29) is 5.84 Å². The zero-order valence-corrected chi connectivity index (χ0v) is 12.2. The fourth-order valence-corrected chi connectivity index (χ4v) is 1.87. The summed E-state index contributed by atoms with van der Waals surface area (Å²) in [6.07, 6.45) is 0. The van der Waals surface area contributed by atoms with E-state index in [1.165, 1.54) is 0 Å². The second-order valence-electron chi connectivity index (χ2n) is 4.30. The van der Waals surface area contributed by atoms with E-state index in [0.29, 0.717) is 31.1 Å². The van der Waals surface area contributed by atoms with Gasteiger partial charge in [0.2, 0.25) is 0 Å². The molecule has 0 aliphatic heterocycles. The van der Waals surface area contributed by atoms with Gasteiger partial charge in [-0.25, -0.2) is 0 Å². The van der Waals surface area contributed by atoms with Crippen molar-refractivity contribution in [3.63, 3.8) is 0 Å². The summed E-state index contributed by atoms with van der Waals surface area (Å²) in [5.74, 6) is 0.693. The van der Waals surface area contributed by atoms with Gasteiger partial charge in [0, 0.05) is 19.7 Å². The zero-order valence-electron chi connectivity index (χ0n) is 12.2. The number of hydrogen-bond donors (Lipinski definition) is 2. The van der Waals surface area contributed by atoms with E-state index in [0.717, 1.165) is 17.8 Å². The quantitative estimate of drug-likeness (QED) is 0.440. The number of ether oxygens (including phenoxy) is 1. The largest absolute Gasteiger partial charge is 0.384 e. The third-order valence-corrected chi connectivity index (χ3v) is 3.10. The van der Waals surface area contributed by atoms with Crippen LogP contribution in [0, 0.1) is 19.3 Å². The lowest BCUT2D eigenvalue weighted by atomic mass is 10.1. The average molecular weight is 265 g/mol. The Hall–Kier alpha value is -1.69. The number of rotatable bonds is 7. The highest BCUT2D eigenvalue weighted by molar-refractivity contribution is 6.01. The van der Waals surface area contributed by atoms with Crippen LogP contribution in [0.2, 0.25) is 0 Å². The van der Waals surface area contributed by atoms with E-state index < -0.39 is 0 Å². The average Bonchev–Trinajstić information content (AvgIpc) is 2.38. The van der Waals surface area contributed by atoms with Crippen molar-refractivity contribution in [1.29, 1.82) is 5.41 Å². The first-order chi connectivity index (χ1) is 9.02. The lowest BCUT2D eigenvalue weighted by Gasteiger charge is -2.24. The van der Waals surface area contributed by atoms with Gasteiger partial charge in [-0.05, 0) is 33.3 Å². The van der Waals surface area contributed by atoms with Gasteiger partial charge in [-0.15, -0.1) is 5.10 Å². The molecular weight excluding hydrogens is 242 g/mol. The summed E-state index contributed by atoms with van der Waals surface area (Å²) in [5.41, 5.74) is 8.07. The minimum absolute atomic E-state index is 0.0281. The molecule has 1 aromatic heterocycles. The van der Waals surface area contributed by atoms with E-state index >= 15 is 0 Å². The number of nitrogens with zero attached hydrogens (tertiary/aromatic N) is 3. The summed E-state index contributed by atoms with van der Waals surface area (Å²) in [5, 5.41) is 16.1.